The number of anilines is 3. The highest BCUT2D eigenvalue weighted by Gasteiger charge is 2.49. The molecule has 1 aliphatic heterocycles. The molecule has 0 spiro atoms. The number of nitrogens with zero attached hydrogens (tertiary/aromatic N) is 2. The lowest BCUT2D eigenvalue weighted by Gasteiger charge is -2.36. The lowest BCUT2D eigenvalue weighted by atomic mass is 9.66. The third-order valence-electron chi connectivity index (χ3n) is 13.5. The van der Waals surface area contributed by atoms with Crippen LogP contribution < -0.4 is 14.4 Å². The van der Waals surface area contributed by atoms with Crippen molar-refractivity contribution in [1.82, 2.24) is 4.57 Å². The van der Waals surface area contributed by atoms with E-state index in [9.17, 15) is 0 Å². The van der Waals surface area contributed by atoms with Crippen molar-refractivity contribution in [3.63, 3.8) is 0 Å². The number of rotatable bonds is 7. The number of hydrogen-bond donors (Lipinski definition) is 0. The van der Waals surface area contributed by atoms with Crippen molar-refractivity contribution in [3.8, 4) is 50.9 Å². The van der Waals surface area contributed by atoms with Crippen molar-refractivity contribution >= 4 is 38.9 Å². The van der Waals surface area contributed by atoms with E-state index in [-0.39, 0.29) is 0 Å². The van der Waals surface area contributed by atoms with Gasteiger partial charge in [0, 0.05) is 39.5 Å². The SMILES string of the molecule is C1=CC(C2(c3ccccc3)c3ccccc3-c3c2ccc2c3Oc3ccc(N(c4ccccc4)c4cccc(-c5ccc(-n6c7ccccc7c7ccccc76)cc5)c4)cc3O2)=CCC1. The standard InChI is InChI=1S/C61H42N2O2/c1-4-18-43(19-5-1)61(44-20-6-2-7-21-44)52-28-13-10-27-51(52)59-53(61)36-38-57-60(59)65-56-37-35-48(40-58(56)64-57)62(45-22-8-3-9-23-45)47-24-16-17-42(39-47)41-31-33-46(34-32-41)63-54-29-14-11-25-49(54)50-26-12-15-30-55(50)63/h1,3-6,8-40H,2,7H2. The average molecular weight is 835 g/mol. The van der Waals surface area contributed by atoms with Crippen LogP contribution in [0.2, 0.25) is 0 Å². The van der Waals surface area contributed by atoms with Gasteiger partial charge in [0.1, 0.15) is 0 Å². The van der Waals surface area contributed by atoms with E-state index in [1.807, 2.05) is 0 Å². The van der Waals surface area contributed by atoms with Crippen LogP contribution in [0.4, 0.5) is 17.1 Å². The van der Waals surface area contributed by atoms with Gasteiger partial charge in [0.25, 0.3) is 0 Å². The Hall–Kier alpha value is -8.34. The van der Waals surface area contributed by atoms with E-state index in [1.54, 1.807) is 0 Å². The maximum Gasteiger partial charge on any atom is 0.178 e. The number of aromatic nitrogens is 1. The molecule has 3 aliphatic rings. The van der Waals surface area contributed by atoms with Crippen LogP contribution in [-0.2, 0) is 5.41 Å². The summed E-state index contributed by atoms with van der Waals surface area (Å²) >= 11 is 0. The van der Waals surface area contributed by atoms with Gasteiger partial charge in [-0.1, -0.05) is 158 Å². The molecule has 0 saturated carbocycles. The summed E-state index contributed by atoms with van der Waals surface area (Å²) in [4.78, 5) is 2.29. The number of ether oxygens (including phenoxy) is 2. The van der Waals surface area contributed by atoms with Gasteiger partial charge in [-0.15, -0.1) is 0 Å². The fourth-order valence-corrected chi connectivity index (χ4v) is 10.7. The summed E-state index contributed by atoms with van der Waals surface area (Å²) in [6.07, 6.45) is 9.12. The quantitative estimate of drug-likeness (QED) is 0.160. The molecule has 0 saturated heterocycles. The Labute approximate surface area is 378 Å². The van der Waals surface area contributed by atoms with Crippen LogP contribution in [-0.4, -0.2) is 4.57 Å². The molecule has 0 amide bonds. The van der Waals surface area contributed by atoms with Gasteiger partial charge < -0.3 is 18.9 Å². The van der Waals surface area contributed by atoms with E-state index < -0.39 is 5.41 Å². The first-order valence-corrected chi connectivity index (χ1v) is 22.5. The van der Waals surface area contributed by atoms with Crippen molar-refractivity contribution < 1.29 is 9.47 Å². The van der Waals surface area contributed by atoms with Gasteiger partial charge in [0.15, 0.2) is 23.0 Å². The molecule has 0 radical (unpaired) electrons. The Balaban J connectivity index is 0.873. The second-order valence-corrected chi connectivity index (χ2v) is 17.1. The fourth-order valence-electron chi connectivity index (χ4n) is 10.7. The second-order valence-electron chi connectivity index (χ2n) is 17.1. The van der Waals surface area contributed by atoms with Crippen LogP contribution in [0.5, 0.6) is 23.0 Å². The number of hydrogen-bond acceptors (Lipinski definition) is 3. The van der Waals surface area contributed by atoms with Crippen molar-refractivity contribution in [2.45, 2.75) is 18.3 Å². The summed E-state index contributed by atoms with van der Waals surface area (Å²) in [6.45, 7) is 0. The molecule has 9 aromatic carbocycles. The zero-order valence-electron chi connectivity index (χ0n) is 35.6. The fraction of sp³-hybridized carbons (Fsp3) is 0.0492. The van der Waals surface area contributed by atoms with Crippen LogP contribution in [0.25, 0.3) is 49.7 Å². The Morgan fingerprint density at radius 2 is 1.14 bits per heavy atom. The summed E-state index contributed by atoms with van der Waals surface area (Å²) in [5.41, 5.74) is 15.6. The van der Waals surface area contributed by atoms with Gasteiger partial charge in [-0.05, 0) is 119 Å². The van der Waals surface area contributed by atoms with Gasteiger partial charge in [0.2, 0.25) is 0 Å². The van der Waals surface area contributed by atoms with E-state index in [4.69, 9.17) is 9.47 Å². The van der Waals surface area contributed by atoms with Gasteiger partial charge in [-0.2, -0.15) is 0 Å². The smallest absolute Gasteiger partial charge is 0.178 e. The van der Waals surface area contributed by atoms with Gasteiger partial charge in [0.05, 0.1) is 22.1 Å². The van der Waals surface area contributed by atoms with E-state index in [0.717, 1.165) is 58.0 Å². The molecule has 308 valence electrons. The highest BCUT2D eigenvalue weighted by atomic mass is 16.6. The lowest BCUT2D eigenvalue weighted by Crippen LogP contribution is -2.29. The van der Waals surface area contributed by atoms with Crippen LogP contribution >= 0.6 is 0 Å². The molecule has 1 unspecified atom stereocenters. The summed E-state index contributed by atoms with van der Waals surface area (Å²) in [6, 6.07) is 75.9. The Kier molecular flexibility index (Phi) is 8.53. The third kappa shape index (κ3) is 5.77. The van der Waals surface area contributed by atoms with E-state index in [1.165, 1.54) is 49.6 Å². The maximum absolute atomic E-state index is 7.02. The Bertz CT molecular complexity index is 3490. The monoisotopic (exact) mass is 834 g/mol. The number of fused-ring (bicyclic) bond motifs is 9. The molecule has 0 bridgehead atoms. The molecule has 13 rings (SSSR count). The van der Waals surface area contributed by atoms with E-state index in [2.05, 4.69) is 240 Å². The predicted molar refractivity (Wildman–Crippen MR) is 266 cm³/mol. The van der Waals surface area contributed by atoms with Crippen LogP contribution in [0.1, 0.15) is 29.5 Å². The number of benzene rings is 9. The Morgan fingerprint density at radius 1 is 0.462 bits per heavy atom. The number of para-hydroxylation sites is 3. The first-order valence-electron chi connectivity index (χ1n) is 22.5. The molecule has 1 aromatic heterocycles. The summed E-state index contributed by atoms with van der Waals surface area (Å²) in [7, 11) is 0. The third-order valence-corrected chi connectivity index (χ3v) is 13.5. The maximum atomic E-state index is 7.02. The van der Waals surface area contributed by atoms with E-state index in [0.29, 0.717) is 17.2 Å². The molecule has 0 fully saturated rings. The topological polar surface area (TPSA) is 26.6 Å². The minimum absolute atomic E-state index is 0.480. The molecule has 10 aromatic rings. The highest BCUT2D eigenvalue weighted by Crippen LogP contribution is 2.63. The van der Waals surface area contributed by atoms with Crippen LogP contribution in [0.15, 0.2) is 236 Å². The molecular weight excluding hydrogens is 793 g/mol. The minimum Gasteiger partial charge on any atom is -0.449 e. The molecule has 1 atom stereocenters. The molecule has 2 aliphatic carbocycles. The summed E-state index contributed by atoms with van der Waals surface area (Å²) in [5.74, 6) is 2.82. The lowest BCUT2D eigenvalue weighted by molar-refractivity contribution is 0.360. The largest absolute Gasteiger partial charge is 0.449 e. The van der Waals surface area contributed by atoms with Crippen molar-refractivity contribution in [2.75, 3.05) is 4.90 Å². The van der Waals surface area contributed by atoms with Crippen molar-refractivity contribution in [1.29, 1.82) is 0 Å². The first-order chi connectivity index (χ1) is 32.2. The van der Waals surface area contributed by atoms with Crippen LogP contribution in [0.3, 0.4) is 0 Å². The Morgan fingerprint density at radius 3 is 1.91 bits per heavy atom. The van der Waals surface area contributed by atoms with Gasteiger partial charge in [-0.25, -0.2) is 0 Å². The van der Waals surface area contributed by atoms with Crippen molar-refractivity contribution in [3.05, 3.63) is 253 Å². The zero-order valence-corrected chi connectivity index (χ0v) is 35.6. The summed E-state index contributed by atoms with van der Waals surface area (Å²) in [5, 5.41) is 2.52. The van der Waals surface area contributed by atoms with Gasteiger partial charge >= 0.3 is 0 Å². The molecule has 4 nitrogen and oxygen atoms in total. The molecule has 2 heterocycles. The van der Waals surface area contributed by atoms with Gasteiger partial charge in [-0.3, -0.25) is 0 Å². The number of allylic oxidation sites excluding steroid dienone is 4. The average Bonchev–Trinajstić information content (AvgIpc) is 3.88. The molecule has 65 heavy (non-hydrogen) atoms. The van der Waals surface area contributed by atoms with Crippen molar-refractivity contribution in [2.24, 2.45) is 0 Å². The van der Waals surface area contributed by atoms with Crippen LogP contribution in [0, 0.1) is 0 Å². The summed E-state index contributed by atoms with van der Waals surface area (Å²) < 4.78 is 16.3. The minimum atomic E-state index is -0.480. The normalized spacial score (nSPS) is 15.6. The zero-order chi connectivity index (χ0) is 42.9. The molecule has 0 N–H and O–H groups in total. The first kappa shape index (κ1) is 37.2. The van der Waals surface area contributed by atoms with E-state index >= 15 is 0 Å². The highest BCUT2D eigenvalue weighted by molar-refractivity contribution is 6.09. The molecular formula is C61H42N2O2. The molecule has 4 heteroatoms. The second kappa shape index (κ2) is 14.9. The predicted octanol–water partition coefficient (Wildman–Crippen LogP) is 16.4.